The lowest BCUT2D eigenvalue weighted by atomic mass is 9.73. The lowest BCUT2D eigenvalue weighted by Crippen LogP contribution is -2.44. The van der Waals surface area contributed by atoms with Crippen LogP contribution in [0.25, 0.3) is 0 Å². The van der Waals surface area contributed by atoms with Crippen molar-refractivity contribution < 1.29 is 9.53 Å². The molecule has 1 aromatic rings. The van der Waals surface area contributed by atoms with Crippen molar-refractivity contribution in [1.29, 1.82) is 0 Å². The summed E-state index contributed by atoms with van der Waals surface area (Å²) in [5, 5.41) is 0. The molecule has 0 bridgehead atoms. The van der Waals surface area contributed by atoms with Crippen molar-refractivity contribution in [3.8, 4) is 0 Å². The molecule has 0 radical (unpaired) electrons. The highest BCUT2D eigenvalue weighted by molar-refractivity contribution is 5.68. The summed E-state index contributed by atoms with van der Waals surface area (Å²) in [6.07, 6.45) is 8.99. The average Bonchev–Trinajstić information content (AvgIpc) is 3.37. The van der Waals surface area contributed by atoms with Crippen molar-refractivity contribution in [3.05, 3.63) is 35.4 Å². The SMILES string of the molecule is CCOC(=O)N(C)[C@H]1CC2(CCN(C[C@@H](C)C3CCCC3)CC2)c2ccccc21. The molecule has 2 aliphatic carbocycles. The van der Waals surface area contributed by atoms with Crippen molar-refractivity contribution in [2.24, 2.45) is 11.8 Å². The average molecular weight is 399 g/mol. The van der Waals surface area contributed by atoms with E-state index in [2.05, 4.69) is 36.1 Å². The minimum atomic E-state index is -0.202. The predicted molar refractivity (Wildman–Crippen MR) is 117 cm³/mol. The van der Waals surface area contributed by atoms with Crippen LogP contribution in [-0.4, -0.2) is 49.2 Å². The zero-order valence-electron chi connectivity index (χ0n) is 18.5. The Bertz CT molecular complexity index is 705. The molecule has 0 aromatic heterocycles. The number of carbonyl (C=O) groups is 1. The second-order valence-corrected chi connectivity index (χ2v) is 9.72. The summed E-state index contributed by atoms with van der Waals surface area (Å²) < 4.78 is 5.30. The quantitative estimate of drug-likeness (QED) is 0.667. The van der Waals surface area contributed by atoms with Gasteiger partial charge in [0.2, 0.25) is 0 Å². The van der Waals surface area contributed by atoms with E-state index >= 15 is 0 Å². The molecule has 160 valence electrons. The van der Waals surface area contributed by atoms with Gasteiger partial charge < -0.3 is 14.5 Å². The number of carbonyl (C=O) groups excluding carboxylic acids is 1. The summed E-state index contributed by atoms with van der Waals surface area (Å²) in [7, 11) is 1.90. The van der Waals surface area contributed by atoms with Gasteiger partial charge >= 0.3 is 6.09 Å². The zero-order chi connectivity index (χ0) is 20.4. The number of fused-ring (bicyclic) bond motifs is 2. The van der Waals surface area contributed by atoms with Crippen LogP contribution in [0.5, 0.6) is 0 Å². The first-order valence-electron chi connectivity index (χ1n) is 11.8. The number of nitrogens with zero attached hydrogens (tertiary/aromatic N) is 2. The fraction of sp³-hybridized carbons (Fsp3) is 0.720. The largest absolute Gasteiger partial charge is 0.450 e. The molecule has 1 saturated heterocycles. The molecular formula is C25H38N2O2. The maximum Gasteiger partial charge on any atom is 0.410 e. The van der Waals surface area contributed by atoms with E-state index in [-0.39, 0.29) is 17.6 Å². The van der Waals surface area contributed by atoms with Gasteiger partial charge in [-0.1, -0.05) is 56.9 Å². The number of amides is 1. The van der Waals surface area contributed by atoms with Crippen molar-refractivity contribution in [3.63, 3.8) is 0 Å². The van der Waals surface area contributed by atoms with Crippen LogP contribution in [0, 0.1) is 11.8 Å². The van der Waals surface area contributed by atoms with Gasteiger partial charge in [0.15, 0.2) is 0 Å². The minimum Gasteiger partial charge on any atom is -0.450 e. The Kier molecular flexibility index (Phi) is 6.19. The lowest BCUT2D eigenvalue weighted by Gasteiger charge is -2.42. The molecule has 4 rings (SSSR count). The smallest absolute Gasteiger partial charge is 0.410 e. The van der Waals surface area contributed by atoms with Crippen LogP contribution in [0.4, 0.5) is 4.79 Å². The standard InChI is InChI=1S/C25H38N2O2/c1-4-29-24(28)26(3)23-17-25(22-12-8-7-11-21(22)23)13-15-27(16-14-25)18-19(2)20-9-5-6-10-20/h7-8,11-12,19-20,23H,4-6,9-10,13-18H2,1-3H3/t19-,23+/m1/s1. The highest BCUT2D eigenvalue weighted by atomic mass is 16.6. The molecule has 4 nitrogen and oxygen atoms in total. The van der Waals surface area contributed by atoms with Gasteiger partial charge in [0, 0.05) is 19.0 Å². The number of rotatable bonds is 5. The Balaban J connectivity index is 1.44. The molecule has 2 atom stereocenters. The summed E-state index contributed by atoms with van der Waals surface area (Å²) in [6, 6.07) is 8.95. The Morgan fingerprint density at radius 1 is 1.24 bits per heavy atom. The van der Waals surface area contributed by atoms with Gasteiger partial charge in [0.05, 0.1) is 12.6 Å². The van der Waals surface area contributed by atoms with Gasteiger partial charge in [-0.05, 0) is 62.2 Å². The van der Waals surface area contributed by atoms with Crippen molar-refractivity contribution in [1.82, 2.24) is 9.80 Å². The Morgan fingerprint density at radius 3 is 2.62 bits per heavy atom. The van der Waals surface area contributed by atoms with Gasteiger partial charge in [0.25, 0.3) is 0 Å². The van der Waals surface area contributed by atoms with Crippen LogP contribution in [0.2, 0.25) is 0 Å². The Hall–Kier alpha value is -1.55. The van der Waals surface area contributed by atoms with Crippen LogP contribution in [0.3, 0.4) is 0 Å². The highest BCUT2D eigenvalue weighted by Gasteiger charge is 2.47. The fourth-order valence-corrected chi connectivity index (χ4v) is 6.28. The lowest BCUT2D eigenvalue weighted by molar-refractivity contribution is 0.0876. The normalized spacial score (nSPS) is 25.1. The number of piperidine rings is 1. The Labute approximate surface area is 176 Å². The monoisotopic (exact) mass is 398 g/mol. The van der Waals surface area contributed by atoms with Crippen LogP contribution in [0.1, 0.15) is 76.0 Å². The first-order chi connectivity index (χ1) is 14.0. The topological polar surface area (TPSA) is 32.8 Å². The van der Waals surface area contributed by atoms with Crippen molar-refractivity contribution >= 4 is 6.09 Å². The molecule has 29 heavy (non-hydrogen) atoms. The van der Waals surface area contributed by atoms with Crippen LogP contribution < -0.4 is 0 Å². The molecule has 1 heterocycles. The minimum absolute atomic E-state index is 0.134. The van der Waals surface area contributed by atoms with E-state index in [9.17, 15) is 4.79 Å². The highest BCUT2D eigenvalue weighted by Crippen LogP contribution is 2.52. The number of likely N-dealkylation sites (tertiary alicyclic amines) is 1. The molecule has 0 unspecified atom stereocenters. The Morgan fingerprint density at radius 2 is 1.93 bits per heavy atom. The molecule has 1 spiro atoms. The van der Waals surface area contributed by atoms with Crippen LogP contribution in [0.15, 0.2) is 24.3 Å². The first-order valence-corrected chi connectivity index (χ1v) is 11.8. The van der Waals surface area contributed by atoms with E-state index in [4.69, 9.17) is 4.74 Å². The molecule has 1 saturated carbocycles. The first kappa shape index (κ1) is 20.7. The molecule has 1 amide bonds. The number of ether oxygens (including phenoxy) is 1. The fourth-order valence-electron chi connectivity index (χ4n) is 6.28. The van der Waals surface area contributed by atoms with Crippen molar-refractivity contribution in [2.45, 2.75) is 70.3 Å². The van der Waals surface area contributed by atoms with E-state index in [1.54, 1.807) is 0 Å². The second-order valence-electron chi connectivity index (χ2n) is 9.72. The molecule has 1 aliphatic heterocycles. The van der Waals surface area contributed by atoms with Gasteiger partial charge in [-0.3, -0.25) is 0 Å². The summed E-state index contributed by atoms with van der Waals surface area (Å²) in [5.41, 5.74) is 3.02. The van der Waals surface area contributed by atoms with Gasteiger partial charge in [-0.15, -0.1) is 0 Å². The summed E-state index contributed by atoms with van der Waals surface area (Å²) in [6.45, 7) is 8.39. The molecule has 3 aliphatic rings. The van der Waals surface area contributed by atoms with Crippen molar-refractivity contribution in [2.75, 3.05) is 33.3 Å². The summed E-state index contributed by atoms with van der Waals surface area (Å²) in [4.78, 5) is 16.9. The molecular weight excluding hydrogens is 360 g/mol. The van der Waals surface area contributed by atoms with E-state index in [0.717, 1.165) is 18.3 Å². The third-order valence-electron chi connectivity index (χ3n) is 8.06. The van der Waals surface area contributed by atoms with E-state index in [1.807, 2.05) is 18.9 Å². The van der Waals surface area contributed by atoms with E-state index in [1.165, 1.54) is 69.3 Å². The van der Waals surface area contributed by atoms with Crippen LogP contribution in [-0.2, 0) is 10.2 Å². The zero-order valence-corrected chi connectivity index (χ0v) is 18.5. The molecule has 0 N–H and O–H groups in total. The third kappa shape index (κ3) is 4.05. The van der Waals surface area contributed by atoms with Crippen LogP contribution >= 0.6 is 0 Å². The van der Waals surface area contributed by atoms with E-state index in [0.29, 0.717) is 6.61 Å². The number of hydrogen-bond acceptors (Lipinski definition) is 3. The molecule has 1 aromatic carbocycles. The third-order valence-corrected chi connectivity index (χ3v) is 8.06. The summed E-state index contributed by atoms with van der Waals surface area (Å²) in [5.74, 6) is 1.77. The summed E-state index contributed by atoms with van der Waals surface area (Å²) >= 11 is 0. The van der Waals surface area contributed by atoms with Gasteiger partial charge in [-0.25, -0.2) is 4.79 Å². The maximum atomic E-state index is 12.4. The van der Waals surface area contributed by atoms with E-state index < -0.39 is 0 Å². The maximum absolute atomic E-state index is 12.4. The van der Waals surface area contributed by atoms with Gasteiger partial charge in [0.1, 0.15) is 0 Å². The number of benzene rings is 1. The van der Waals surface area contributed by atoms with Gasteiger partial charge in [-0.2, -0.15) is 0 Å². The predicted octanol–water partition coefficient (Wildman–Crippen LogP) is 5.38. The molecule has 4 heteroatoms. The molecule has 2 fully saturated rings. The second kappa shape index (κ2) is 8.67. The number of hydrogen-bond donors (Lipinski definition) is 0.